The summed E-state index contributed by atoms with van der Waals surface area (Å²) in [5, 5.41) is 8.48. The third-order valence-corrected chi connectivity index (χ3v) is 4.48. The summed E-state index contributed by atoms with van der Waals surface area (Å²) >= 11 is 0. The fraction of sp³-hybridized carbons (Fsp3) is 0.556. The smallest absolute Gasteiger partial charge is 0.319 e. The van der Waals surface area contributed by atoms with Gasteiger partial charge < -0.3 is 25.6 Å². The molecule has 138 valence electrons. The SMILES string of the molecule is COCC(=O)Nc1ccc(C)c(NC(=O)NCC[C@@H]2CCCN2C)c1. The van der Waals surface area contributed by atoms with E-state index in [2.05, 4.69) is 27.9 Å². The first-order chi connectivity index (χ1) is 12.0. The number of urea groups is 1. The van der Waals surface area contributed by atoms with Gasteiger partial charge in [0.05, 0.1) is 0 Å². The van der Waals surface area contributed by atoms with Crippen molar-refractivity contribution in [1.29, 1.82) is 0 Å². The monoisotopic (exact) mass is 348 g/mol. The van der Waals surface area contributed by atoms with Crippen molar-refractivity contribution in [1.82, 2.24) is 10.2 Å². The van der Waals surface area contributed by atoms with Gasteiger partial charge in [0, 0.05) is 31.1 Å². The largest absolute Gasteiger partial charge is 0.375 e. The van der Waals surface area contributed by atoms with Crippen LogP contribution in [0.2, 0.25) is 0 Å². The number of aryl methyl sites for hydroxylation is 1. The second kappa shape index (κ2) is 9.39. The zero-order valence-electron chi connectivity index (χ0n) is 15.2. The molecule has 1 aromatic rings. The highest BCUT2D eigenvalue weighted by atomic mass is 16.5. The van der Waals surface area contributed by atoms with Gasteiger partial charge in [-0.2, -0.15) is 0 Å². The van der Waals surface area contributed by atoms with Crippen LogP contribution in [-0.4, -0.2) is 56.7 Å². The third kappa shape index (κ3) is 6.03. The van der Waals surface area contributed by atoms with Gasteiger partial charge >= 0.3 is 6.03 Å². The van der Waals surface area contributed by atoms with Gasteiger partial charge in [0.25, 0.3) is 0 Å². The molecule has 0 spiro atoms. The van der Waals surface area contributed by atoms with Crippen molar-refractivity contribution in [2.45, 2.75) is 32.2 Å². The topological polar surface area (TPSA) is 82.7 Å². The molecular weight excluding hydrogens is 320 g/mol. The number of hydrogen-bond donors (Lipinski definition) is 3. The number of carbonyl (C=O) groups excluding carboxylic acids is 2. The molecule has 1 saturated heterocycles. The number of nitrogens with zero attached hydrogens (tertiary/aromatic N) is 1. The van der Waals surface area contributed by atoms with Crippen molar-refractivity contribution >= 4 is 23.3 Å². The summed E-state index contributed by atoms with van der Waals surface area (Å²) in [6.07, 6.45) is 3.38. The molecule has 1 aliphatic rings. The summed E-state index contributed by atoms with van der Waals surface area (Å²) in [6.45, 7) is 3.68. The van der Waals surface area contributed by atoms with E-state index in [0.29, 0.717) is 24.0 Å². The lowest BCUT2D eigenvalue weighted by molar-refractivity contribution is -0.119. The van der Waals surface area contributed by atoms with Crippen molar-refractivity contribution in [3.63, 3.8) is 0 Å². The molecule has 7 heteroatoms. The molecule has 7 nitrogen and oxygen atoms in total. The molecule has 2 rings (SSSR count). The summed E-state index contributed by atoms with van der Waals surface area (Å²) in [5.74, 6) is -0.234. The summed E-state index contributed by atoms with van der Waals surface area (Å²) in [7, 11) is 3.60. The first-order valence-corrected chi connectivity index (χ1v) is 8.64. The number of nitrogens with one attached hydrogen (secondary N) is 3. The molecule has 0 radical (unpaired) electrons. The number of methoxy groups -OCH3 is 1. The molecule has 3 N–H and O–H groups in total. The Morgan fingerprint density at radius 1 is 1.32 bits per heavy atom. The van der Waals surface area contributed by atoms with Crippen LogP contribution in [0.4, 0.5) is 16.2 Å². The zero-order valence-corrected chi connectivity index (χ0v) is 15.2. The first-order valence-electron chi connectivity index (χ1n) is 8.64. The van der Waals surface area contributed by atoms with E-state index in [1.165, 1.54) is 20.0 Å². The normalized spacial score (nSPS) is 17.3. The predicted molar refractivity (Wildman–Crippen MR) is 99.0 cm³/mol. The second-order valence-corrected chi connectivity index (χ2v) is 6.46. The van der Waals surface area contributed by atoms with E-state index >= 15 is 0 Å². The Labute approximate surface area is 149 Å². The minimum absolute atomic E-state index is 0.00720. The van der Waals surface area contributed by atoms with Gasteiger partial charge in [-0.1, -0.05) is 6.07 Å². The summed E-state index contributed by atoms with van der Waals surface area (Å²) < 4.78 is 4.79. The molecule has 0 unspecified atom stereocenters. The van der Waals surface area contributed by atoms with Crippen LogP contribution in [0.1, 0.15) is 24.8 Å². The highest BCUT2D eigenvalue weighted by molar-refractivity contribution is 5.94. The minimum Gasteiger partial charge on any atom is -0.375 e. The van der Waals surface area contributed by atoms with E-state index in [1.54, 1.807) is 12.1 Å². The van der Waals surface area contributed by atoms with Gasteiger partial charge in [0.1, 0.15) is 6.61 Å². The molecule has 0 aromatic heterocycles. The number of likely N-dealkylation sites (tertiary alicyclic amines) is 1. The number of ether oxygens (including phenoxy) is 1. The van der Waals surface area contributed by atoms with Crippen molar-refractivity contribution in [3.05, 3.63) is 23.8 Å². The van der Waals surface area contributed by atoms with Crippen molar-refractivity contribution in [3.8, 4) is 0 Å². The maximum Gasteiger partial charge on any atom is 0.319 e. The molecule has 0 saturated carbocycles. The Balaban J connectivity index is 1.83. The van der Waals surface area contributed by atoms with E-state index in [4.69, 9.17) is 4.74 Å². The maximum absolute atomic E-state index is 12.1. The quantitative estimate of drug-likeness (QED) is 0.705. The number of hydrogen-bond acceptors (Lipinski definition) is 4. The van der Waals surface area contributed by atoms with Crippen LogP contribution in [0.25, 0.3) is 0 Å². The number of amides is 3. The maximum atomic E-state index is 12.1. The van der Waals surface area contributed by atoms with Gasteiger partial charge in [-0.25, -0.2) is 4.79 Å². The van der Waals surface area contributed by atoms with E-state index in [0.717, 1.165) is 18.5 Å². The molecule has 1 atom stereocenters. The summed E-state index contributed by atoms with van der Waals surface area (Å²) in [5.41, 5.74) is 2.22. The fourth-order valence-corrected chi connectivity index (χ4v) is 3.03. The fourth-order valence-electron chi connectivity index (χ4n) is 3.03. The predicted octanol–water partition coefficient (Wildman–Crippen LogP) is 2.19. The highest BCUT2D eigenvalue weighted by Crippen LogP contribution is 2.20. The van der Waals surface area contributed by atoms with Gasteiger partial charge in [0.2, 0.25) is 5.91 Å². The van der Waals surface area contributed by atoms with Gasteiger partial charge in [-0.15, -0.1) is 0 Å². The minimum atomic E-state index is -0.234. The average molecular weight is 348 g/mol. The van der Waals surface area contributed by atoms with Gasteiger partial charge in [-0.3, -0.25) is 4.79 Å². The molecule has 1 aliphatic heterocycles. The molecule has 1 fully saturated rings. The zero-order chi connectivity index (χ0) is 18.2. The van der Waals surface area contributed by atoms with Crippen LogP contribution < -0.4 is 16.0 Å². The molecule has 25 heavy (non-hydrogen) atoms. The average Bonchev–Trinajstić information content (AvgIpc) is 2.96. The second-order valence-electron chi connectivity index (χ2n) is 6.46. The van der Waals surface area contributed by atoms with Crippen LogP contribution in [0.3, 0.4) is 0 Å². The number of carbonyl (C=O) groups is 2. The van der Waals surface area contributed by atoms with E-state index < -0.39 is 0 Å². The van der Waals surface area contributed by atoms with Crippen molar-refractivity contribution in [2.24, 2.45) is 0 Å². The molecule has 0 bridgehead atoms. The lowest BCUT2D eigenvalue weighted by atomic mass is 10.1. The molecular formula is C18H28N4O3. The summed E-state index contributed by atoms with van der Waals surface area (Å²) in [4.78, 5) is 26.0. The Morgan fingerprint density at radius 3 is 2.80 bits per heavy atom. The first kappa shape index (κ1) is 19.2. The Morgan fingerprint density at radius 2 is 2.12 bits per heavy atom. The van der Waals surface area contributed by atoms with E-state index in [1.807, 2.05) is 13.0 Å². The molecule has 1 aromatic carbocycles. The van der Waals surface area contributed by atoms with Crippen LogP contribution in [0, 0.1) is 6.92 Å². The Bertz CT molecular complexity index is 606. The van der Waals surface area contributed by atoms with Crippen LogP contribution >= 0.6 is 0 Å². The van der Waals surface area contributed by atoms with Crippen molar-refractivity contribution < 1.29 is 14.3 Å². The third-order valence-electron chi connectivity index (χ3n) is 4.48. The Kier molecular flexibility index (Phi) is 7.21. The van der Waals surface area contributed by atoms with Crippen LogP contribution in [-0.2, 0) is 9.53 Å². The Hall–Kier alpha value is -2.12. The molecule has 3 amide bonds. The van der Waals surface area contributed by atoms with Gasteiger partial charge in [0.15, 0.2) is 0 Å². The number of benzene rings is 1. The molecule has 0 aliphatic carbocycles. The molecule has 1 heterocycles. The van der Waals surface area contributed by atoms with Gasteiger partial charge in [-0.05, 0) is 57.5 Å². The number of anilines is 2. The highest BCUT2D eigenvalue weighted by Gasteiger charge is 2.20. The lowest BCUT2D eigenvalue weighted by Gasteiger charge is -2.19. The van der Waals surface area contributed by atoms with Crippen LogP contribution in [0.5, 0.6) is 0 Å². The standard InChI is InChI=1S/C18H28N4O3/c1-13-6-7-14(20-17(23)12-25-3)11-16(13)21-18(24)19-9-8-15-5-4-10-22(15)2/h6-7,11,15H,4-5,8-10,12H2,1-3H3,(H,20,23)(H2,19,21,24)/t15-/m0/s1. The lowest BCUT2D eigenvalue weighted by Crippen LogP contribution is -2.34. The van der Waals surface area contributed by atoms with E-state index in [9.17, 15) is 9.59 Å². The van der Waals surface area contributed by atoms with E-state index in [-0.39, 0.29) is 18.5 Å². The number of rotatable bonds is 7. The summed E-state index contributed by atoms with van der Waals surface area (Å²) in [6, 6.07) is 5.71. The van der Waals surface area contributed by atoms with Crippen molar-refractivity contribution in [2.75, 3.05) is 44.5 Å². The van der Waals surface area contributed by atoms with Crippen LogP contribution in [0.15, 0.2) is 18.2 Å².